The maximum Gasteiger partial charge on any atom is 0.236 e. The molecule has 0 aromatic carbocycles. The summed E-state index contributed by atoms with van der Waals surface area (Å²) in [5, 5.41) is 2.68. The summed E-state index contributed by atoms with van der Waals surface area (Å²) in [6.45, 7) is 5.92. The van der Waals surface area contributed by atoms with E-state index in [-0.39, 0.29) is 11.5 Å². The van der Waals surface area contributed by atoms with Crippen LogP contribution >= 0.6 is 0 Å². The normalized spacial score (nSPS) is 14.1. The maximum atomic E-state index is 11.0. The van der Waals surface area contributed by atoms with E-state index in [2.05, 4.69) is 5.32 Å². The predicted molar refractivity (Wildman–Crippen MR) is 47.7 cm³/mol. The SMILES string of the molecule is COC(C)(C)CNC(=O)[C@H](C)N. The minimum Gasteiger partial charge on any atom is -0.377 e. The highest BCUT2D eigenvalue weighted by Crippen LogP contribution is 2.04. The van der Waals surface area contributed by atoms with Crippen LogP contribution in [0.5, 0.6) is 0 Å². The van der Waals surface area contributed by atoms with Gasteiger partial charge < -0.3 is 15.8 Å². The van der Waals surface area contributed by atoms with Crippen LogP contribution in [0, 0.1) is 0 Å². The zero-order valence-corrected chi connectivity index (χ0v) is 8.18. The maximum absolute atomic E-state index is 11.0. The monoisotopic (exact) mass is 174 g/mol. The molecule has 0 bridgehead atoms. The summed E-state index contributed by atoms with van der Waals surface area (Å²) >= 11 is 0. The molecule has 72 valence electrons. The Bertz CT molecular complexity index is 155. The third-order valence-electron chi connectivity index (χ3n) is 1.65. The summed E-state index contributed by atoms with van der Waals surface area (Å²) in [5.41, 5.74) is 5.03. The molecule has 0 saturated heterocycles. The van der Waals surface area contributed by atoms with E-state index in [1.54, 1.807) is 14.0 Å². The van der Waals surface area contributed by atoms with Gasteiger partial charge in [0, 0.05) is 13.7 Å². The number of nitrogens with one attached hydrogen (secondary N) is 1. The van der Waals surface area contributed by atoms with Gasteiger partial charge in [-0.2, -0.15) is 0 Å². The Hall–Kier alpha value is -0.610. The first kappa shape index (κ1) is 11.4. The van der Waals surface area contributed by atoms with Gasteiger partial charge >= 0.3 is 0 Å². The molecule has 4 nitrogen and oxygen atoms in total. The molecular formula is C8H18N2O2. The summed E-state index contributed by atoms with van der Waals surface area (Å²) < 4.78 is 5.11. The topological polar surface area (TPSA) is 64.3 Å². The third-order valence-corrected chi connectivity index (χ3v) is 1.65. The Labute approximate surface area is 73.5 Å². The van der Waals surface area contributed by atoms with E-state index < -0.39 is 6.04 Å². The number of amides is 1. The van der Waals surface area contributed by atoms with Crippen LogP contribution in [0.25, 0.3) is 0 Å². The molecule has 3 N–H and O–H groups in total. The van der Waals surface area contributed by atoms with E-state index in [9.17, 15) is 4.79 Å². The lowest BCUT2D eigenvalue weighted by Gasteiger charge is -2.23. The number of ether oxygens (including phenoxy) is 1. The lowest BCUT2D eigenvalue weighted by atomic mass is 10.1. The lowest BCUT2D eigenvalue weighted by Crippen LogP contribution is -2.45. The van der Waals surface area contributed by atoms with Gasteiger partial charge in [-0.3, -0.25) is 4.79 Å². The van der Waals surface area contributed by atoms with Gasteiger partial charge in [-0.15, -0.1) is 0 Å². The lowest BCUT2D eigenvalue weighted by molar-refractivity contribution is -0.123. The second-order valence-electron chi connectivity index (χ2n) is 3.47. The van der Waals surface area contributed by atoms with E-state index in [4.69, 9.17) is 10.5 Å². The second-order valence-corrected chi connectivity index (χ2v) is 3.47. The molecular weight excluding hydrogens is 156 g/mol. The van der Waals surface area contributed by atoms with Crippen molar-refractivity contribution in [2.45, 2.75) is 32.4 Å². The summed E-state index contributed by atoms with van der Waals surface area (Å²) in [6.07, 6.45) is 0. The van der Waals surface area contributed by atoms with E-state index in [1.165, 1.54) is 0 Å². The number of hydrogen-bond acceptors (Lipinski definition) is 3. The second kappa shape index (κ2) is 4.42. The minimum absolute atomic E-state index is 0.153. The molecule has 0 fully saturated rings. The van der Waals surface area contributed by atoms with Crippen molar-refractivity contribution < 1.29 is 9.53 Å². The number of rotatable bonds is 4. The van der Waals surface area contributed by atoms with Gasteiger partial charge in [0.1, 0.15) is 0 Å². The highest BCUT2D eigenvalue weighted by molar-refractivity contribution is 5.80. The minimum atomic E-state index is -0.461. The van der Waals surface area contributed by atoms with Crippen molar-refractivity contribution in [3.63, 3.8) is 0 Å². The Morgan fingerprint density at radius 3 is 2.50 bits per heavy atom. The van der Waals surface area contributed by atoms with Crippen LogP contribution < -0.4 is 11.1 Å². The van der Waals surface area contributed by atoms with Crippen molar-refractivity contribution >= 4 is 5.91 Å². The molecule has 4 heteroatoms. The number of methoxy groups -OCH3 is 1. The number of carbonyl (C=O) groups is 1. The van der Waals surface area contributed by atoms with E-state index >= 15 is 0 Å². The fraction of sp³-hybridized carbons (Fsp3) is 0.875. The smallest absolute Gasteiger partial charge is 0.236 e. The van der Waals surface area contributed by atoms with Crippen LogP contribution in [0.4, 0.5) is 0 Å². The first-order chi connectivity index (χ1) is 5.39. The summed E-state index contributed by atoms with van der Waals surface area (Å²) in [4.78, 5) is 11.0. The molecule has 1 amide bonds. The first-order valence-corrected chi connectivity index (χ1v) is 3.97. The van der Waals surface area contributed by atoms with Crippen LogP contribution in [-0.2, 0) is 9.53 Å². The molecule has 0 aliphatic carbocycles. The molecule has 0 aliphatic rings. The molecule has 0 rings (SSSR count). The van der Waals surface area contributed by atoms with Crippen molar-refractivity contribution in [3.8, 4) is 0 Å². The average molecular weight is 174 g/mol. The van der Waals surface area contributed by atoms with Gasteiger partial charge in [0.15, 0.2) is 0 Å². The van der Waals surface area contributed by atoms with Crippen LogP contribution in [0.1, 0.15) is 20.8 Å². The fourth-order valence-electron chi connectivity index (χ4n) is 0.533. The molecule has 0 unspecified atom stereocenters. The van der Waals surface area contributed by atoms with Gasteiger partial charge in [-0.1, -0.05) is 0 Å². The van der Waals surface area contributed by atoms with Gasteiger partial charge in [-0.25, -0.2) is 0 Å². The van der Waals surface area contributed by atoms with Crippen LogP contribution in [0.15, 0.2) is 0 Å². The quantitative estimate of drug-likeness (QED) is 0.624. The highest BCUT2D eigenvalue weighted by Gasteiger charge is 2.18. The molecule has 0 heterocycles. The van der Waals surface area contributed by atoms with Crippen molar-refractivity contribution in [1.82, 2.24) is 5.32 Å². The molecule has 0 spiro atoms. The molecule has 0 aromatic heterocycles. The summed E-state index contributed by atoms with van der Waals surface area (Å²) in [5.74, 6) is -0.153. The Balaban J connectivity index is 3.76. The Morgan fingerprint density at radius 1 is 1.67 bits per heavy atom. The summed E-state index contributed by atoms with van der Waals surface area (Å²) in [6, 6.07) is -0.461. The third kappa shape index (κ3) is 4.31. The predicted octanol–water partition coefficient (Wildman–Crippen LogP) is -0.125. The fourth-order valence-corrected chi connectivity index (χ4v) is 0.533. The van der Waals surface area contributed by atoms with Crippen molar-refractivity contribution in [2.75, 3.05) is 13.7 Å². The zero-order valence-electron chi connectivity index (χ0n) is 8.18. The van der Waals surface area contributed by atoms with Gasteiger partial charge in [-0.05, 0) is 20.8 Å². The largest absolute Gasteiger partial charge is 0.377 e. The van der Waals surface area contributed by atoms with Gasteiger partial charge in [0.25, 0.3) is 0 Å². The molecule has 0 aliphatic heterocycles. The zero-order chi connectivity index (χ0) is 9.78. The van der Waals surface area contributed by atoms with Crippen LogP contribution in [0.2, 0.25) is 0 Å². The number of hydrogen-bond donors (Lipinski definition) is 2. The first-order valence-electron chi connectivity index (χ1n) is 3.97. The van der Waals surface area contributed by atoms with Crippen LogP contribution in [0.3, 0.4) is 0 Å². The molecule has 12 heavy (non-hydrogen) atoms. The molecule has 0 radical (unpaired) electrons. The van der Waals surface area contributed by atoms with E-state index in [1.807, 2.05) is 13.8 Å². The molecule has 0 saturated carbocycles. The highest BCUT2D eigenvalue weighted by atomic mass is 16.5. The standard InChI is InChI=1S/C8H18N2O2/c1-6(9)7(11)10-5-8(2,3)12-4/h6H,5,9H2,1-4H3,(H,10,11)/t6-/m0/s1. The number of nitrogens with two attached hydrogens (primary N) is 1. The molecule has 0 aromatic rings. The molecule has 1 atom stereocenters. The van der Waals surface area contributed by atoms with E-state index in [0.29, 0.717) is 6.54 Å². The Kier molecular flexibility index (Phi) is 4.20. The summed E-state index contributed by atoms with van der Waals surface area (Å²) in [7, 11) is 1.61. The van der Waals surface area contributed by atoms with Gasteiger partial charge in [0.2, 0.25) is 5.91 Å². The van der Waals surface area contributed by atoms with Crippen LogP contribution in [-0.4, -0.2) is 31.2 Å². The Morgan fingerprint density at radius 2 is 2.17 bits per heavy atom. The van der Waals surface area contributed by atoms with E-state index in [0.717, 1.165) is 0 Å². The van der Waals surface area contributed by atoms with Crippen molar-refractivity contribution in [3.05, 3.63) is 0 Å². The number of carbonyl (C=O) groups excluding carboxylic acids is 1. The van der Waals surface area contributed by atoms with Crippen molar-refractivity contribution in [1.29, 1.82) is 0 Å². The van der Waals surface area contributed by atoms with Crippen molar-refractivity contribution in [2.24, 2.45) is 5.73 Å². The average Bonchev–Trinajstić information content (AvgIpc) is 2.00. The van der Waals surface area contributed by atoms with Gasteiger partial charge in [0.05, 0.1) is 11.6 Å².